The van der Waals surface area contributed by atoms with E-state index < -0.39 is 5.82 Å². The molecule has 5 heteroatoms. The molecule has 2 rings (SSSR count). The predicted octanol–water partition coefficient (Wildman–Crippen LogP) is 3.76. The van der Waals surface area contributed by atoms with Crippen molar-refractivity contribution in [1.82, 2.24) is 0 Å². The van der Waals surface area contributed by atoms with Crippen LogP contribution in [0, 0.1) is 5.82 Å². The average Bonchev–Trinajstić information content (AvgIpc) is 2.45. The normalized spacial score (nSPS) is 10.2. The molecule has 0 aliphatic rings. The second-order valence-electron chi connectivity index (χ2n) is 4.40. The second kappa shape index (κ2) is 7.04. The van der Waals surface area contributed by atoms with Gasteiger partial charge in [-0.1, -0.05) is 18.2 Å². The monoisotopic (exact) mass is 303 g/mol. The number of halogens is 1. The van der Waals surface area contributed by atoms with Crippen molar-refractivity contribution < 1.29 is 14.0 Å². The summed E-state index contributed by atoms with van der Waals surface area (Å²) in [6.07, 6.45) is 0. The van der Waals surface area contributed by atoms with Crippen LogP contribution >= 0.6 is 11.8 Å². The van der Waals surface area contributed by atoms with Gasteiger partial charge < -0.3 is 5.32 Å². The van der Waals surface area contributed by atoms with Crippen molar-refractivity contribution in [2.45, 2.75) is 11.8 Å². The lowest BCUT2D eigenvalue weighted by molar-refractivity contribution is -0.114. The summed E-state index contributed by atoms with van der Waals surface area (Å²) in [4.78, 5) is 23.9. The van der Waals surface area contributed by atoms with Gasteiger partial charge in [0, 0.05) is 17.5 Å². The van der Waals surface area contributed by atoms with Crippen LogP contribution in [0.5, 0.6) is 0 Å². The van der Waals surface area contributed by atoms with E-state index in [0.29, 0.717) is 5.69 Å². The van der Waals surface area contributed by atoms with Gasteiger partial charge in [0.1, 0.15) is 5.82 Å². The lowest BCUT2D eigenvalue weighted by Crippen LogP contribution is -2.09. The van der Waals surface area contributed by atoms with Gasteiger partial charge in [0.25, 0.3) is 0 Å². The summed E-state index contributed by atoms with van der Waals surface area (Å²) in [6, 6.07) is 13.5. The van der Waals surface area contributed by atoms with E-state index in [4.69, 9.17) is 0 Å². The summed E-state index contributed by atoms with van der Waals surface area (Å²) in [7, 11) is 0. The number of carbonyl (C=O) groups excluding carboxylic acids is 2. The van der Waals surface area contributed by atoms with Crippen molar-refractivity contribution in [1.29, 1.82) is 0 Å². The summed E-state index contributed by atoms with van der Waals surface area (Å²) in [5, 5.41) is 2.47. The Balaban J connectivity index is 2.04. The predicted molar refractivity (Wildman–Crippen MR) is 82.2 cm³/mol. The van der Waals surface area contributed by atoms with Crippen molar-refractivity contribution in [2.75, 3.05) is 11.1 Å². The molecule has 0 heterocycles. The Bertz CT molecular complexity index is 659. The van der Waals surface area contributed by atoms with Crippen LogP contribution in [0.3, 0.4) is 0 Å². The number of carbonyl (C=O) groups is 2. The molecule has 21 heavy (non-hydrogen) atoms. The molecule has 3 nitrogen and oxygen atoms in total. The quantitative estimate of drug-likeness (QED) is 0.676. The van der Waals surface area contributed by atoms with E-state index in [1.807, 2.05) is 30.3 Å². The fourth-order valence-electron chi connectivity index (χ4n) is 1.77. The molecule has 0 atom stereocenters. The van der Waals surface area contributed by atoms with E-state index in [1.165, 1.54) is 30.8 Å². The molecule has 0 fully saturated rings. The highest BCUT2D eigenvalue weighted by atomic mass is 32.2. The smallest absolute Gasteiger partial charge is 0.221 e. The van der Waals surface area contributed by atoms with Crippen LogP contribution in [0.2, 0.25) is 0 Å². The Kier molecular flexibility index (Phi) is 5.11. The standard InChI is InChI=1S/C16H14FNO2S/c1-11(19)18-12-7-8-14(15(17)9-12)16(20)10-21-13-5-3-2-4-6-13/h2-9H,10H2,1H3,(H,18,19). The maximum atomic E-state index is 13.9. The number of Topliss-reactive ketones (excluding diaryl/α,β-unsaturated/α-hetero) is 1. The van der Waals surface area contributed by atoms with Crippen molar-refractivity contribution in [3.63, 3.8) is 0 Å². The maximum Gasteiger partial charge on any atom is 0.221 e. The number of rotatable bonds is 5. The fourth-order valence-corrected chi connectivity index (χ4v) is 2.57. The van der Waals surface area contributed by atoms with Gasteiger partial charge in [-0.25, -0.2) is 4.39 Å². The summed E-state index contributed by atoms with van der Waals surface area (Å²) in [6.45, 7) is 1.34. The van der Waals surface area contributed by atoms with E-state index in [9.17, 15) is 14.0 Å². The molecule has 0 aromatic heterocycles. The Morgan fingerprint density at radius 1 is 1.14 bits per heavy atom. The van der Waals surface area contributed by atoms with E-state index in [-0.39, 0.29) is 23.0 Å². The minimum Gasteiger partial charge on any atom is -0.326 e. The lowest BCUT2D eigenvalue weighted by Gasteiger charge is -2.06. The van der Waals surface area contributed by atoms with Gasteiger partial charge in [-0.3, -0.25) is 9.59 Å². The Morgan fingerprint density at radius 3 is 2.48 bits per heavy atom. The van der Waals surface area contributed by atoms with Crippen LogP contribution in [0.15, 0.2) is 53.4 Å². The van der Waals surface area contributed by atoms with Gasteiger partial charge in [-0.2, -0.15) is 0 Å². The summed E-state index contributed by atoms with van der Waals surface area (Å²) >= 11 is 1.36. The zero-order valence-electron chi connectivity index (χ0n) is 11.4. The molecule has 2 aromatic carbocycles. The number of thioether (sulfide) groups is 1. The zero-order valence-corrected chi connectivity index (χ0v) is 12.2. The van der Waals surface area contributed by atoms with E-state index in [0.717, 1.165) is 11.0 Å². The van der Waals surface area contributed by atoms with Gasteiger partial charge in [0.05, 0.1) is 11.3 Å². The molecule has 0 spiro atoms. The fraction of sp³-hybridized carbons (Fsp3) is 0.125. The molecule has 1 amide bonds. The first-order chi connectivity index (χ1) is 10.1. The van der Waals surface area contributed by atoms with Crippen LogP contribution in [-0.4, -0.2) is 17.4 Å². The molecule has 0 unspecified atom stereocenters. The largest absolute Gasteiger partial charge is 0.326 e. The molecule has 108 valence electrons. The van der Waals surface area contributed by atoms with Gasteiger partial charge in [0.15, 0.2) is 5.78 Å². The highest BCUT2D eigenvalue weighted by Gasteiger charge is 2.13. The van der Waals surface area contributed by atoms with Crippen LogP contribution in [0.4, 0.5) is 10.1 Å². The average molecular weight is 303 g/mol. The lowest BCUT2D eigenvalue weighted by atomic mass is 10.1. The molecule has 2 aromatic rings. The van der Waals surface area contributed by atoms with Crippen molar-refractivity contribution in [3.05, 3.63) is 59.9 Å². The van der Waals surface area contributed by atoms with Gasteiger partial charge >= 0.3 is 0 Å². The number of hydrogen-bond acceptors (Lipinski definition) is 3. The summed E-state index contributed by atoms with van der Waals surface area (Å²) in [5.74, 6) is -1.02. The zero-order chi connectivity index (χ0) is 15.2. The highest BCUT2D eigenvalue weighted by Crippen LogP contribution is 2.21. The van der Waals surface area contributed by atoms with Gasteiger partial charge in [-0.15, -0.1) is 11.8 Å². The third kappa shape index (κ3) is 4.43. The molecular weight excluding hydrogens is 289 g/mol. The Hall–Kier alpha value is -2.14. The minimum atomic E-state index is -0.625. The highest BCUT2D eigenvalue weighted by molar-refractivity contribution is 8.00. The van der Waals surface area contributed by atoms with Crippen LogP contribution in [0.25, 0.3) is 0 Å². The van der Waals surface area contributed by atoms with Crippen LogP contribution < -0.4 is 5.32 Å². The molecule has 1 N–H and O–H groups in total. The molecular formula is C16H14FNO2S. The first-order valence-electron chi connectivity index (χ1n) is 6.34. The van der Waals surface area contributed by atoms with Gasteiger partial charge in [-0.05, 0) is 30.3 Å². The summed E-state index contributed by atoms with van der Waals surface area (Å²) < 4.78 is 13.9. The van der Waals surface area contributed by atoms with Crippen LogP contribution in [0.1, 0.15) is 17.3 Å². The van der Waals surface area contributed by atoms with Crippen LogP contribution in [-0.2, 0) is 4.79 Å². The minimum absolute atomic E-state index is 0.0348. The topological polar surface area (TPSA) is 46.2 Å². The van der Waals surface area contributed by atoms with Crippen molar-refractivity contribution >= 4 is 29.1 Å². The number of anilines is 1. The molecule has 0 saturated heterocycles. The van der Waals surface area contributed by atoms with E-state index in [2.05, 4.69) is 5.32 Å². The van der Waals surface area contributed by atoms with Crippen molar-refractivity contribution in [3.8, 4) is 0 Å². The van der Waals surface area contributed by atoms with E-state index in [1.54, 1.807) is 0 Å². The third-order valence-corrected chi connectivity index (χ3v) is 3.72. The Labute approximate surface area is 126 Å². The van der Waals surface area contributed by atoms with Gasteiger partial charge in [0.2, 0.25) is 5.91 Å². The SMILES string of the molecule is CC(=O)Nc1ccc(C(=O)CSc2ccccc2)c(F)c1. The number of hydrogen-bond donors (Lipinski definition) is 1. The first kappa shape index (κ1) is 15.3. The number of amides is 1. The molecule has 0 radical (unpaired) electrons. The molecule has 0 saturated carbocycles. The maximum absolute atomic E-state index is 13.9. The van der Waals surface area contributed by atoms with Crippen molar-refractivity contribution in [2.24, 2.45) is 0 Å². The molecule has 0 bridgehead atoms. The third-order valence-electron chi connectivity index (χ3n) is 2.70. The molecule has 0 aliphatic heterocycles. The summed E-state index contributed by atoms with van der Waals surface area (Å²) in [5.41, 5.74) is 0.375. The second-order valence-corrected chi connectivity index (χ2v) is 5.45. The number of nitrogens with one attached hydrogen (secondary N) is 1. The van der Waals surface area contributed by atoms with E-state index >= 15 is 0 Å². The number of benzene rings is 2. The first-order valence-corrected chi connectivity index (χ1v) is 7.33. The molecule has 0 aliphatic carbocycles. The Morgan fingerprint density at radius 2 is 1.86 bits per heavy atom. The number of ketones is 1.